The van der Waals surface area contributed by atoms with Gasteiger partial charge in [-0.2, -0.15) is 0 Å². The first-order valence-electron chi connectivity index (χ1n) is 5.23. The Balaban J connectivity index is 2.97. The summed E-state index contributed by atoms with van der Waals surface area (Å²) >= 11 is 0. The molecule has 0 saturated carbocycles. The first-order chi connectivity index (χ1) is 6.31. The molecule has 0 rings (SSSR count). The molecule has 1 atom stereocenters. The van der Waals surface area contributed by atoms with Crippen LogP contribution in [0.2, 0.25) is 0 Å². The van der Waals surface area contributed by atoms with Crippen molar-refractivity contribution in [1.82, 2.24) is 5.32 Å². The molecule has 2 N–H and O–H groups in total. The number of hydrogen-bond donors (Lipinski definition) is 2. The number of aliphatic hydroxyl groups is 1. The zero-order valence-corrected chi connectivity index (χ0v) is 8.88. The minimum absolute atomic E-state index is 0.125. The molecule has 1 unspecified atom stereocenters. The molecule has 0 aromatic carbocycles. The van der Waals surface area contributed by atoms with Gasteiger partial charge >= 0.3 is 0 Å². The second-order valence-corrected chi connectivity index (χ2v) is 3.33. The van der Waals surface area contributed by atoms with Crippen LogP contribution in [0.3, 0.4) is 0 Å². The molecule has 0 aliphatic rings. The summed E-state index contributed by atoms with van der Waals surface area (Å²) in [6.45, 7) is 6.74. The van der Waals surface area contributed by atoms with Crippen molar-refractivity contribution in [2.45, 2.75) is 39.2 Å². The molecule has 0 amide bonds. The van der Waals surface area contributed by atoms with Crippen molar-refractivity contribution in [1.29, 1.82) is 0 Å². The Kier molecular flexibility index (Phi) is 9.87. The normalized spacial score (nSPS) is 13.2. The smallest absolute Gasteiger partial charge is 0.0697 e. The van der Waals surface area contributed by atoms with E-state index < -0.39 is 0 Å². The quantitative estimate of drug-likeness (QED) is 0.535. The Morgan fingerprint density at radius 3 is 2.77 bits per heavy atom. The molecule has 0 radical (unpaired) electrons. The van der Waals surface area contributed by atoms with Gasteiger partial charge in [-0.25, -0.2) is 0 Å². The Morgan fingerprint density at radius 2 is 2.15 bits per heavy atom. The molecule has 0 saturated heterocycles. The lowest BCUT2D eigenvalue weighted by Gasteiger charge is -2.12. The van der Waals surface area contributed by atoms with E-state index in [0.717, 1.165) is 19.6 Å². The molecule has 0 heterocycles. The molecular formula is C10H23NO2. The van der Waals surface area contributed by atoms with Crippen LogP contribution < -0.4 is 5.32 Å². The molecule has 80 valence electrons. The minimum atomic E-state index is 0.125. The van der Waals surface area contributed by atoms with Crippen molar-refractivity contribution in [3.63, 3.8) is 0 Å². The van der Waals surface area contributed by atoms with E-state index in [0.29, 0.717) is 12.6 Å². The van der Waals surface area contributed by atoms with Gasteiger partial charge in [-0.05, 0) is 26.3 Å². The van der Waals surface area contributed by atoms with Crippen LogP contribution in [-0.2, 0) is 4.74 Å². The summed E-state index contributed by atoms with van der Waals surface area (Å²) in [6.07, 6.45) is 3.49. The maximum atomic E-state index is 8.44. The van der Waals surface area contributed by atoms with Gasteiger partial charge in [0.25, 0.3) is 0 Å². The highest BCUT2D eigenvalue weighted by molar-refractivity contribution is 4.58. The average molecular weight is 189 g/mol. The number of aliphatic hydroxyl groups excluding tert-OH is 1. The van der Waals surface area contributed by atoms with E-state index in [4.69, 9.17) is 9.84 Å². The minimum Gasteiger partial charge on any atom is -0.394 e. The molecule has 0 aromatic rings. The van der Waals surface area contributed by atoms with Crippen LogP contribution in [-0.4, -0.2) is 37.5 Å². The SMILES string of the molecule is CCCC(C)NCCCOCCO. The fourth-order valence-electron chi connectivity index (χ4n) is 1.22. The lowest BCUT2D eigenvalue weighted by Crippen LogP contribution is -2.27. The molecule has 0 aliphatic heterocycles. The van der Waals surface area contributed by atoms with Crippen molar-refractivity contribution < 1.29 is 9.84 Å². The molecule has 0 aliphatic carbocycles. The second kappa shape index (κ2) is 9.96. The van der Waals surface area contributed by atoms with E-state index in [1.807, 2.05) is 0 Å². The van der Waals surface area contributed by atoms with Crippen LogP contribution in [0.5, 0.6) is 0 Å². The summed E-state index contributed by atoms with van der Waals surface area (Å²) in [6, 6.07) is 0.614. The first kappa shape index (κ1) is 12.9. The highest BCUT2D eigenvalue weighted by Crippen LogP contribution is 1.94. The molecule has 0 bridgehead atoms. The van der Waals surface area contributed by atoms with E-state index in [-0.39, 0.29) is 6.61 Å². The fourth-order valence-corrected chi connectivity index (χ4v) is 1.22. The Labute approximate surface area is 81.5 Å². The third-order valence-corrected chi connectivity index (χ3v) is 1.92. The van der Waals surface area contributed by atoms with E-state index in [1.54, 1.807) is 0 Å². The second-order valence-electron chi connectivity index (χ2n) is 3.33. The number of ether oxygens (including phenoxy) is 1. The zero-order chi connectivity index (χ0) is 9.94. The van der Waals surface area contributed by atoms with Gasteiger partial charge in [0, 0.05) is 12.6 Å². The summed E-state index contributed by atoms with van der Waals surface area (Å²) in [5.74, 6) is 0. The maximum Gasteiger partial charge on any atom is 0.0697 e. The van der Waals surface area contributed by atoms with Gasteiger partial charge in [0.1, 0.15) is 0 Å². The maximum absolute atomic E-state index is 8.44. The summed E-state index contributed by atoms with van der Waals surface area (Å²) in [5, 5.41) is 11.9. The highest BCUT2D eigenvalue weighted by atomic mass is 16.5. The molecule has 0 spiro atoms. The Hall–Kier alpha value is -0.120. The number of rotatable bonds is 9. The lowest BCUT2D eigenvalue weighted by molar-refractivity contribution is 0.0904. The van der Waals surface area contributed by atoms with Gasteiger partial charge in [0.05, 0.1) is 13.2 Å². The van der Waals surface area contributed by atoms with Crippen molar-refractivity contribution in [2.24, 2.45) is 0 Å². The van der Waals surface area contributed by atoms with Crippen LogP contribution >= 0.6 is 0 Å². The van der Waals surface area contributed by atoms with Crippen molar-refractivity contribution >= 4 is 0 Å². The lowest BCUT2D eigenvalue weighted by atomic mass is 10.2. The third-order valence-electron chi connectivity index (χ3n) is 1.92. The Morgan fingerprint density at radius 1 is 1.38 bits per heavy atom. The van der Waals surface area contributed by atoms with Crippen LogP contribution in [0, 0.1) is 0 Å². The molecule has 13 heavy (non-hydrogen) atoms. The largest absolute Gasteiger partial charge is 0.394 e. The summed E-state index contributed by atoms with van der Waals surface area (Å²) < 4.78 is 5.13. The van der Waals surface area contributed by atoms with E-state index in [1.165, 1.54) is 12.8 Å². The topological polar surface area (TPSA) is 41.5 Å². The van der Waals surface area contributed by atoms with Crippen molar-refractivity contribution in [2.75, 3.05) is 26.4 Å². The summed E-state index contributed by atoms with van der Waals surface area (Å²) in [7, 11) is 0. The van der Waals surface area contributed by atoms with Gasteiger partial charge in [0.15, 0.2) is 0 Å². The van der Waals surface area contributed by atoms with Crippen molar-refractivity contribution in [3.05, 3.63) is 0 Å². The molecule has 0 fully saturated rings. The van der Waals surface area contributed by atoms with Gasteiger partial charge < -0.3 is 15.2 Å². The predicted molar refractivity (Wildman–Crippen MR) is 54.9 cm³/mol. The van der Waals surface area contributed by atoms with Crippen LogP contribution in [0.15, 0.2) is 0 Å². The van der Waals surface area contributed by atoms with Gasteiger partial charge in [-0.1, -0.05) is 13.3 Å². The van der Waals surface area contributed by atoms with Crippen LogP contribution in [0.25, 0.3) is 0 Å². The molecular weight excluding hydrogens is 166 g/mol. The zero-order valence-electron chi connectivity index (χ0n) is 8.88. The van der Waals surface area contributed by atoms with Gasteiger partial charge in [0.2, 0.25) is 0 Å². The standard InChI is InChI=1S/C10H23NO2/c1-3-5-10(2)11-6-4-8-13-9-7-12/h10-12H,3-9H2,1-2H3. The molecule has 3 nitrogen and oxygen atoms in total. The average Bonchev–Trinajstić information content (AvgIpc) is 2.11. The summed E-state index contributed by atoms with van der Waals surface area (Å²) in [5.41, 5.74) is 0. The van der Waals surface area contributed by atoms with E-state index >= 15 is 0 Å². The predicted octanol–water partition coefficient (Wildman–Crippen LogP) is 1.16. The van der Waals surface area contributed by atoms with Gasteiger partial charge in [-0.15, -0.1) is 0 Å². The third kappa shape index (κ3) is 9.80. The van der Waals surface area contributed by atoms with E-state index in [2.05, 4.69) is 19.2 Å². The van der Waals surface area contributed by atoms with Crippen LogP contribution in [0.4, 0.5) is 0 Å². The number of nitrogens with one attached hydrogen (secondary N) is 1. The van der Waals surface area contributed by atoms with Crippen LogP contribution in [0.1, 0.15) is 33.1 Å². The van der Waals surface area contributed by atoms with Crippen molar-refractivity contribution in [3.8, 4) is 0 Å². The molecule has 0 aromatic heterocycles. The monoisotopic (exact) mass is 189 g/mol. The Bertz CT molecular complexity index is 98.9. The molecule has 3 heteroatoms. The number of hydrogen-bond acceptors (Lipinski definition) is 3. The summed E-state index contributed by atoms with van der Waals surface area (Å²) in [4.78, 5) is 0. The van der Waals surface area contributed by atoms with E-state index in [9.17, 15) is 0 Å². The fraction of sp³-hybridized carbons (Fsp3) is 1.00. The first-order valence-corrected chi connectivity index (χ1v) is 5.23. The highest BCUT2D eigenvalue weighted by Gasteiger charge is 1.97. The van der Waals surface area contributed by atoms with Gasteiger partial charge in [-0.3, -0.25) is 0 Å².